The van der Waals surface area contributed by atoms with Crippen molar-refractivity contribution in [1.82, 2.24) is 19.8 Å². The van der Waals surface area contributed by atoms with Crippen LogP contribution in [0, 0.1) is 5.82 Å². The van der Waals surface area contributed by atoms with Crippen LogP contribution < -0.4 is 5.32 Å². The molecule has 0 saturated carbocycles. The van der Waals surface area contributed by atoms with E-state index in [0.29, 0.717) is 6.04 Å². The molecule has 6 heteroatoms. The van der Waals surface area contributed by atoms with E-state index in [1.807, 2.05) is 22.8 Å². The second kappa shape index (κ2) is 8.33. The standard InChI is InChI=1S/C23H27FN4O/c1-16(2)27-12-9-20(10-13-27)26-22(29)15-28-21(17-5-7-19(24)8-6-17)14-18-4-3-11-25-23(18)28/h3-8,11,14,16,20H,9-10,12-13,15H2,1-2H3,(H,26,29). The van der Waals surface area contributed by atoms with Gasteiger partial charge in [0.15, 0.2) is 0 Å². The number of rotatable bonds is 5. The lowest BCUT2D eigenvalue weighted by Gasteiger charge is -2.34. The molecule has 4 rings (SSSR count). The van der Waals surface area contributed by atoms with Gasteiger partial charge in [0, 0.05) is 36.8 Å². The quantitative estimate of drug-likeness (QED) is 0.716. The van der Waals surface area contributed by atoms with Crippen LogP contribution in [0.3, 0.4) is 0 Å². The number of benzene rings is 1. The molecular formula is C23H27FN4O. The van der Waals surface area contributed by atoms with Crippen molar-refractivity contribution in [2.75, 3.05) is 13.1 Å². The molecule has 0 spiro atoms. The fourth-order valence-electron chi connectivity index (χ4n) is 4.08. The van der Waals surface area contributed by atoms with Crippen molar-refractivity contribution in [3.63, 3.8) is 0 Å². The van der Waals surface area contributed by atoms with E-state index in [-0.39, 0.29) is 24.3 Å². The Morgan fingerprint density at radius 3 is 2.62 bits per heavy atom. The van der Waals surface area contributed by atoms with Gasteiger partial charge in [-0.25, -0.2) is 9.37 Å². The molecule has 1 aliphatic rings. The van der Waals surface area contributed by atoms with Crippen molar-refractivity contribution >= 4 is 16.9 Å². The third kappa shape index (κ3) is 4.32. The molecule has 2 aromatic heterocycles. The summed E-state index contributed by atoms with van der Waals surface area (Å²) in [5.74, 6) is -0.292. The number of amides is 1. The Morgan fingerprint density at radius 1 is 1.21 bits per heavy atom. The van der Waals surface area contributed by atoms with E-state index in [9.17, 15) is 9.18 Å². The molecule has 3 heterocycles. The van der Waals surface area contributed by atoms with Gasteiger partial charge in [0.2, 0.25) is 5.91 Å². The number of fused-ring (bicyclic) bond motifs is 1. The molecule has 1 amide bonds. The average Bonchev–Trinajstić information content (AvgIpc) is 3.07. The van der Waals surface area contributed by atoms with Crippen molar-refractivity contribution in [3.05, 3.63) is 54.5 Å². The number of nitrogens with zero attached hydrogens (tertiary/aromatic N) is 3. The van der Waals surface area contributed by atoms with E-state index in [0.717, 1.165) is 48.2 Å². The van der Waals surface area contributed by atoms with Crippen LogP contribution in [0.25, 0.3) is 22.3 Å². The number of likely N-dealkylation sites (tertiary alicyclic amines) is 1. The molecule has 152 valence electrons. The number of hydrogen-bond donors (Lipinski definition) is 1. The van der Waals surface area contributed by atoms with Crippen molar-refractivity contribution in [2.24, 2.45) is 0 Å². The Morgan fingerprint density at radius 2 is 1.93 bits per heavy atom. The van der Waals surface area contributed by atoms with Crippen molar-refractivity contribution in [3.8, 4) is 11.3 Å². The van der Waals surface area contributed by atoms with E-state index in [2.05, 4.69) is 29.0 Å². The highest BCUT2D eigenvalue weighted by Gasteiger charge is 2.23. The summed E-state index contributed by atoms with van der Waals surface area (Å²) >= 11 is 0. The molecule has 0 unspecified atom stereocenters. The molecule has 0 atom stereocenters. The minimum absolute atomic E-state index is 0.0143. The number of nitrogens with one attached hydrogen (secondary N) is 1. The number of carbonyl (C=O) groups is 1. The number of aromatic nitrogens is 2. The summed E-state index contributed by atoms with van der Waals surface area (Å²) in [6.07, 6.45) is 3.67. The number of pyridine rings is 1. The highest BCUT2D eigenvalue weighted by molar-refractivity contribution is 5.87. The molecule has 1 saturated heterocycles. The van der Waals surface area contributed by atoms with Gasteiger partial charge in [-0.15, -0.1) is 0 Å². The van der Waals surface area contributed by atoms with Crippen LogP contribution in [-0.4, -0.2) is 45.5 Å². The predicted molar refractivity (Wildman–Crippen MR) is 113 cm³/mol. The van der Waals surface area contributed by atoms with Gasteiger partial charge >= 0.3 is 0 Å². The fraction of sp³-hybridized carbons (Fsp3) is 0.391. The highest BCUT2D eigenvalue weighted by Crippen LogP contribution is 2.27. The molecule has 0 bridgehead atoms. The second-order valence-corrected chi connectivity index (χ2v) is 8.01. The van der Waals surface area contributed by atoms with Crippen molar-refractivity contribution < 1.29 is 9.18 Å². The molecule has 29 heavy (non-hydrogen) atoms. The maximum atomic E-state index is 13.4. The molecule has 1 fully saturated rings. The minimum atomic E-state index is -0.278. The van der Waals surface area contributed by atoms with Crippen LogP contribution >= 0.6 is 0 Å². The van der Waals surface area contributed by atoms with Gasteiger partial charge in [0.1, 0.15) is 18.0 Å². The van der Waals surface area contributed by atoms with Gasteiger partial charge in [-0.05, 0) is 74.7 Å². The normalized spacial score (nSPS) is 15.9. The van der Waals surface area contributed by atoms with Crippen LogP contribution in [0.2, 0.25) is 0 Å². The number of halogens is 1. The van der Waals surface area contributed by atoms with Crippen LogP contribution in [0.15, 0.2) is 48.7 Å². The summed E-state index contributed by atoms with van der Waals surface area (Å²) in [6.45, 7) is 6.63. The summed E-state index contributed by atoms with van der Waals surface area (Å²) in [5.41, 5.74) is 2.49. The molecule has 0 aliphatic carbocycles. The molecule has 1 N–H and O–H groups in total. The second-order valence-electron chi connectivity index (χ2n) is 8.01. The van der Waals surface area contributed by atoms with Crippen LogP contribution in [-0.2, 0) is 11.3 Å². The number of carbonyl (C=O) groups excluding carboxylic acids is 1. The lowest BCUT2D eigenvalue weighted by molar-refractivity contribution is -0.122. The third-order valence-electron chi connectivity index (χ3n) is 5.72. The Kier molecular flexibility index (Phi) is 5.62. The summed E-state index contributed by atoms with van der Waals surface area (Å²) in [6, 6.07) is 13.0. The Balaban J connectivity index is 1.53. The number of hydrogen-bond acceptors (Lipinski definition) is 3. The number of piperidine rings is 1. The first-order valence-electron chi connectivity index (χ1n) is 10.2. The monoisotopic (exact) mass is 394 g/mol. The lowest BCUT2D eigenvalue weighted by Crippen LogP contribution is -2.47. The average molecular weight is 394 g/mol. The first-order chi connectivity index (χ1) is 14.0. The van der Waals surface area contributed by atoms with E-state index >= 15 is 0 Å². The zero-order valence-electron chi connectivity index (χ0n) is 16.9. The molecule has 3 aromatic rings. The first kappa shape index (κ1) is 19.6. The Bertz CT molecular complexity index is 988. The maximum Gasteiger partial charge on any atom is 0.240 e. The van der Waals surface area contributed by atoms with Gasteiger partial charge in [-0.1, -0.05) is 0 Å². The molecule has 1 aromatic carbocycles. The van der Waals surface area contributed by atoms with Crippen LogP contribution in [0.4, 0.5) is 4.39 Å². The maximum absolute atomic E-state index is 13.4. The van der Waals surface area contributed by atoms with Crippen molar-refractivity contribution in [1.29, 1.82) is 0 Å². The zero-order chi connectivity index (χ0) is 20.4. The lowest BCUT2D eigenvalue weighted by atomic mass is 10.0. The summed E-state index contributed by atoms with van der Waals surface area (Å²) in [7, 11) is 0. The van der Waals surface area contributed by atoms with E-state index in [4.69, 9.17) is 0 Å². The van der Waals surface area contributed by atoms with Gasteiger partial charge in [-0.2, -0.15) is 0 Å². The van der Waals surface area contributed by atoms with E-state index in [1.165, 1.54) is 12.1 Å². The molecular weight excluding hydrogens is 367 g/mol. The minimum Gasteiger partial charge on any atom is -0.352 e. The highest BCUT2D eigenvalue weighted by atomic mass is 19.1. The van der Waals surface area contributed by atoms with Crippen LogP contribution in [0.5, 0.6) is 0 Å². The summed E-state index contributed by atoms with van der Waals surface area (Å²) in [4.78, 5) is 19.8. The Labute approximate surface area is 170 Å². The van der Waals surface area contributed by atoms with Gasteiger partial charge in [0.05, 0.1) is 5.69 Å². The Hall–Kier alpha value is -2.73. The molecule has 1 aliphatic heterocycles. The summed E-state index contributed by atoms with van der Waals surface area (Å²) in [5, 5.41) is 4.16. The predicted octanol–water partition coefficient (Wildman–Crippen LogP) is 3.83. The summed E-state index contributed by atoms with van der Waals surface area (Å²) < 4.78 is 15.3. The zero-order valence-corrected chi connectivity index (χ0v) is 16.9. The largest absolute Gasteiger partial charge is 0.352 e. The first-order valence-corrected chi connectivity index (χ1v) is 10.2. The SMILES string of the molecule is CC(C)N1CCC(NC(=O)Cn2c(-c3ccc(F)cc3)cc3cccnc32)CC1. The van der Waals surface area contributed by atoms with E-state index < -0.39 is 0 Å². The van der Waals surface area contributed by atoms with Crippen molar-refractivity contribution in [2.45, 2.75) is 45.3 Å². The molecule has 0 radical (unpaired) electrons. The van der Waals surface area contributed by atoms with Crippen LogP contribution in [0.1, 0.15) is 26.7 Å². The van der Waals surface area contributed by atoms with Gasteiger partial charge < -0.3 is 14.8 Å². The smallest absolute Gasteiger partial charge is 0.240 e. The fourth-order valence-corrected chi connectivity index (χ4v) is 4.08. The van der Waals surface area contributed by atoms with E-state index in [1.54, 1.807) is 18.3 Å². The van der Waals surface area contributed by atoms with Gasteiger partial charge in [-0.3, -0.25) is 4.79 Å². The third-order valence-corrected chi connectivity index (χ3v) is 5.72. The van der Waals surface area contributed by atoms with Gasteiger partial charge in [0.25, 0.3) is 0 Å². The topological polar surface area (TPSA) is 50.2 Å². The molecule has 5 nitrogen and oxygen atoms in total.